The number of aryl methyl sites for hydroxylation is 1. The SMILES string of the molecule is CCCCc1ccc2c(c1)n1ccc3cccc4c3c1[n+]2C(C)(CC)C4(C)CC. The Labute approximate surface area is 174 Å². The van der Waals surface area contributed by atoms with Gasteiger partial charge in [-0.05, 0) is 67.3 Å². The summed E-state index contributed by atoms with van der Waals surface area (Å²) >= 11 is 0. The number of pyridine rings is 1. The van der Waals surface area contributed by atoms with Crippen molar-refractivity contribution in [2.24, 2.45) is 0 Å². The average Bonchev–Trinajstić information content (AvgIpc) is 3.10. The number of hydrogen-bond donors (Lipinski definition) is 0. The number of hydrogen-bond acceptors (Lipinski definition) is 0. The lowest BCUT2D eigenvalue weighted by molar-refractivity contribution is -0.728. The molecule has 3 heterocycles. The first kappa shape index (κ1) is 18.7. The third kappa shape index (κ3) is 2.21. The van der Waals surface area contributed by atoms with Crippen LogP contribution in [0.3, 0.4) is 0 Å². The predicted molar refractivity (Wildman–Crippen MR) is 123 cm³/mol. The Balaban J connectivity index is 1.99. The molecule has 150 valence electrons. The van der Waals surface area contributed by atoms with E-state index in [-0.39, 0.29) is 11.0 Å². The van der Waals surface area contributed by atoms with Crippen LogP contribution in [0.2, 0.25) is 0 Å². The molecule has 0 amide bonds. The fraction of sp³-hybridized carbons (Fsp3) is 0.444. The van der Waals surface area contributed by atoms with Crippen LogP contribution in [-0.2, 0) is 17.4 Å². The van der Waals surface area contributed by atoms with Crippen molar-refractivity contribution in [3.8, 4) is 0 Å². The van der Waals surface area contributed by atoms with Gasteiger partial charge < -0.3 is 0 Å². The summed E-state index contributed by atoms with van der Waals surface area (Å²) in [5, 5.41) is 2.80. The van der Waals surface area contributed by atoms with Crippen molar-refractivity contribution in [2.75, 3.05) is 0 Å². The predicted octanol–water partition coefficient (Wildman–Crippen LogP) is 6.68. The van der Waals surface area contributed by atoms with Gasteiger partial charge in [-0.3, -0.25) is 0 Å². The highest BCUT2D eigenvalue weighted by atomic mass is 15.2. The van der Waals surface area contributed by atoms with Gasteiger partial charge in [-0.1, -0.05) is 58.4 Å². The number of nitrogens with zero attached hydrogens (tertiary/aromatic N) is 2. The maximum atomic E-state index is 2.69. The number of imidazole rings is 1. The molecule has 2 aromatic carbocycles. The standard InChI is InChI=1S/C27H33N2/c1-6-9-11-19-14-15-22-23(18-19)28-17-16-20-12-10-13-21-24(20)25(28)29(22)27(5,8-3)26(21,4)7-2/h10,12-18H,6-9,11H2,1-5H3/q+1. The zero-order valence-electron chi connectivity index (χ0n) is 18.5. The van der Waals surface area contributed by atoms with Crippen molar-refractivity contribution < 1.29 is 4.57 Å². The normalized spacial score (nSPS) is 23.6. The van der Waals surface area contributed by atoms with Crippen molar-refractivity contribution in [1.29, 1.82) is 0 Å². The van der Waals surface area contributed by atoms with E-state index in [0.717, 1.165) is 19.3 Å². The van der Waals surface area contributed by atoms with E-state index in [1.165, 1.54) is 51.4 Å². The summed E-state index contributed by atoms with van der Waals surface area (Å²) < 4.78 is 5.14. The van der Waals surface area contributed by atoms with Gasteiger partial charge in [0.2, 0.25) is 0 Å². The summed E-state index contributed by atoms with van der Waals surface area (Å²) in [6, 6.07) is 16.4. The van der Waals surface area contributed by atoms with Crippen LogP contribution in [0.5, 0.6) is 0 Å². The van der Waals surface area contributed by atoms with Gasteiger partial charge in [0.05, 0.1) is 11.6 Å². The van der Waals surface area contributed by atoms with Crippen molar-refractivity contribution in [3.63, 3.8) is 0 Å². The molecule has 2 heteroatoms. The van der Waals surface area contributed by atoms with Crippen LogP contribution in [0, 0.1) is 0 Å². The molecular formula is C27H33N2+. The molecule has 4 aromatic rings. The molecule has 0 N–H and O–H groups in total. The molecule has 0 aliphatic carbocycles. The molecule has 1 aliphatic heterocycles. The Kier molecular flexibility index (Phi) is 4.07. The van der Waals surface area contributed by atoms with Crippen LogP contribution in [0.25, 0.3) is 27.5 Å². The van der Waals surface area contributed by atoms with Crippen LogP contribution in [0.1, 0.15) is 71.4 Å². The maximum Gasteiger partial charge on any atom is 0.295 e. The molecule has 0 saturated carbocycles. The fourth-order valence-electron chi connectivity index (χ4n) is 5.94. The summed E-state index contributed by atoms with van der Waals surface area (Å²) in [5.74, 6) is 0. The maximum absolute atomic E-state index is 2.69. The summed E-state index contributed by atoms with van der Waals surface area (Å²) in [7, 11) is 0. The molecule has 0 fully saturated rings. The number of benzene rings is 2. The summed E-state index contributed by atoms with van der Waals surface area (Å²) in [4.78, 5) is 0. The van der Waals surface area contributed by atoms with Crippen molar-refractivity contribution in [3.05, 3.63) is 59.8 Å². The van der Waals surface area contributed by atoms with Crippen LogP contribution >= 0.6 is 0 Å². The Hall–Kier alpha value is -2.35. The number of aromatic nitrogens is 2. The van der Waals surface area contributed by atoms with E-state index >= 15 is 0 Å². The molecular weight excluding hydrogens is 352 g/mol. The Bertz CT molecular complexity index is 1250. The minimum atomic E-state index is 0.0301. The lowest BCUT2D eigenvalue weighted by Gasteiger charge is -2.46. The first-order valence-corrected chi connectivity index (χ1v) is 11.4. The van der Waals surface area contributed by atoms with E-state index in [1.54, 1.807) is 0 Å². The average molecular weight is 386 g/mol. The molecule has 29 heavy (non-hydrogen) atoms. The van der Waals surface area contributed by atoms with Gasteiger partial charge in [0.25, 0.3) is 5.65 Å². The molecule has 0 saturated heterocycles. The Morgan fingerprint density at radius 3 is 2.52 bits per heavy atom. The highest BCUT2D eigenvalue weighted by Crippen LogP contribution is 2.49. The second kappa shape index (κ2) is 6.32. The number of fused-ring (bicyclic) bond motifs is 3. The minimum absolute atomic E-state index is 0.0301. The zero-order chi connectivity index (χ0) is 20.4. The fourth-order valence-corrected chi connectivity index (χ4v) is 5.94. The topological polar surface area (TPSA) is 8.29 Å². The molecule has 0 radical (unpaired) electrons. The van der Waals surface area contributed by atoms with Crippen LogP contribution in [0.4, 0.5) is 0 Å². The van der Waals surface area contributed by atoms with E-state index in [0.29, 0.717) is 0 Å². The Morgan fingerprint density at radius 1 is 0.966 bits per heavy atom. The monoisotopic (exact) mass is 385 g/mol. The molecule has 5 rings (SSSR count). The highest BCUT2D eigenvalue weighted by molar-refractivity contribution is 5.99. The van der Waals surface area contributed by atoms with E-state index in [9.17, 15) is 0 Å². The Morgan fingerprint density at radius 2 is 1.79 bits per heavy atom. The molecule has 1 aliphatic rings. The first-order valence-electron chi connectivity index (χ1n) is 11.4. The van der Waals surface area contributed by atoms with Gasteiger partial charge >= 0.3 is 0 Å². The van der Waals surface area contributed by atoms with Gasteiger partial charge in [-0.2, -0.15) is 4.40 Å². The number of rotatable bonds is 5. The highest BCUT2D eigenvalue weighted by Gasteiger charge is 2.54. The van der Waals surface area contributed by atoms with Crippen LogP contribution < -0.4 is 4.57 Å². The van der Waals surface area contributed by atoms with Crippen molar-refractivity contribution >= 4 is 27.5 Å². The molecule has 0 spiro atoms. The van der Waals surface area contributed by atoms with Gasteiger partial charge in [0.15, 0.2) is 11.0 Å². The van der Waals surface area contributed by atoms with Gasteiger partial charge in [0, 0.05) is 5.41 Å². The second-order valence-electron chi connectivity index (χ2n) is 9.35. The quantitative estimate of drug-likeness (QED) is 0.339. The lowest BCUT2D eigenvalue weighted by atomic mass is 9.62. The van der Waals surface area contributed by atoms with Gasteiger partial charge in [0.1, 0.15) is 5.54 Å². The first-order chi connectivity index (χ1) is 14.0. The third-order valence-electron chi connectivity index (χ3n) is 8.19. The van der Waals surface area contributed by atoms with E-state index in [1.807, 2.05) is 0 Å². The molecule has 2 atom stereocenters. The molecule has 0 bridgehead atoms. The summed E-state index contributed by atoms with van der Waals surface area (Å²) in [6.45, 7) is 12.0. The number of unbranched alkanes of at least 4 members (excludes halogenated alkanes) is 1. The smallest absolute Gasteiger partial charge is 0.216 e. The van der Waals surface area contributed by atoms with Gasteiger partial charge in [-0.15, -0.1) is 0 Å². The summed E-state index contributed by atoms with van der Waals surface area (Å²) in [6.07, 6.45) is 8.18. The van der Waals surface area contributed by atoms with Crippen molar-refractivity contribution in [2.45, 2.75) is 77.7 Å². The van der Waals surface area contributed by atoms with Gasteiger partial charge in [-0.25, -0.2) is 4.57 Å². The second-order valence-corrected chi connectivity index (χ2v) is 9.35. The lowest BCUT2D eigenvalue weighted by Crippen LogP contribution is -2.66. The van der Waals surface area contributed by atoms with E-state index < -0.39 is 0 Å². The van der Waals surface area contributed by atoms with Crippen LogP contribution in [-0.4, -0.2) is 4.40 Å². The molecule has 2 unspecified atom stereocenters. The molecule has 2 nitrogen and oxygen atoms in total. The summed E-state index contributed by atoms with van der Waals surface area (Å²) in [5.41, 5.74) is 7.19. The third-order valence-corrected chi connectivity index (χ3v) is 8.19. The van der Waals surface area contributed by atoms with E-state index in [4.69, 9.17) is 0 Å². The zero-order valence-corrected chi connectivity index (χ0v) is 18.5. The minimum Gasteiger partial charge on any atom is -0.216 e. The van der Waals surface area contributed by atoms with Crippen molar-refractivity contribution in [1.82, 2.24) is 4.40 Å². The van der Waals surface area contributed by atoms with Crippen LogP contribution in [0.15, 0.2) is 48.7 Å². The largest absolute Gasteiger partial charge is 0.295 e. The van der Waals surface area contributed by atoms with E-state index in [2.05, 4.69) is 92.2 Å². The molecule has 2 aromatic heterocycles.